The van der Waals surface area contributed by atoms with Gasteiger partial charge in [0.1, 0.15) is 17.4 Å². The van der Waals surface area contributed by atoms with Crippen molar-refractivity contribution in [1.82, 2.24) is 24.8 Å². The minimum absolute atomic E-state index is 0.0351. The molecular weight excluding hydrogens is 743 g/mol. The number of aryl methyl sites for hydroxylation is 3. The molecule has 0 saturated heterocycles. The molecule has 0 fully saturated rings. The molecule has 0 aliphatic carbocycles. The second-order valence-corrected chi connectivity index (χ2v) is 14.3. The molecule has 1 amide bonds. The van der Waals surface area contributed by atoms with Gasteiger partial charge in [-0.25, -0.2) is 18.4 Å². The predicted molar refractivity (Wildman–Crippen MR) is 209 cm³/mol. The van der Waals surface area contributed by atoms with Crippen LogP contribution in [0.5, 0.6) is 5.75 Å². The average molecular weight is 784 g/mol. The number of nitrogens with two attached hydrogens (primary N) is 2. The quantitative estimate of drug-likeness (QED) is 0.0824. The minimum atomic E-state index is -3.69. The number of benzene rings is 3. The number of primary sulfonamides is 1. The lowest BCUT2D eigenvalue weighted by atomic mass is 10.0. The van der Waals surface area contributed by atoms with E-state index in [1.807, 2.05) is 48.9 Å². The van der Waals surface area contributed by atoms with E-state index in [4.69, 9.17) is 25.8 Å². The van der Waals surface area contributed by atoms with E-state index in [9.17, 15) is 27.6 Å². The van der Waals surface area contributed by atoms with Crippen molar-refractivity contribution in [2.45, 2.75) is 50.5 Å². The van der Waals surface area contributed by atoms with Crippen molar-refractivity contribution in [3.63, 3.8) is 0 Å². The number of anilines is 1. The predicted octanol–water partition coefficient (Wildman–Crippen LogP) is 4.17. The minimum Gasteiger partial charge on any atom is -0.494 e. The van der Waals surface area contributed by atoms with Gasteiger partial charge in [0.25, 0.3) is 11.5 Å². The third-order valence-electron chi connectivity index (χ3n) is 8.65. The Bertz CT molecular complexity index is 2510. The van der Waals surface area contributed by atoms with Gasteiger partial charge in [-0.05, 0) is 122 Å². The first-order valence-electron chi connectivity index (χ1n) is 17.4. The summed E-state index contributed by atoms with van der Waals surface area (Å²) in [5, 5.41) is 25.8. The number of carbonyl (C=O) groups excluding carboxylic acids is 1. The highest BCUT2D eigenvalue weighted by atomic mass is 32.2. The molecule has 0 bridgehead atoms. The highest BCUT2D eigenvalue weighted by Crippen LogP contribution is 2.28. The van der Waals surface area contributed by atoms with Gasteiger partial charge in [0.2, 0.25) is 16.0 Å². The zero-order chi connectivity index (χ0) is 40.6. The van der Waals surface area contributed by atoms with Crippen molar-refractivity contribution in [2.75, 3.05) is 12.3 Å². The third-order valence-corrected chi connectivity index (χ3v) is 9.58. The van der Waals surface area contributed by atoms with E-state index in [0.29, 0.717) is 30.5 Å². The van der Waals surface area contributed by atoms with Gasteiger partial charge < -0.3 is 35.6 Å². The number of fused-ring (bicyclic) bond motifs is 1. The van der Waals surface area contributed by atoms with Crippen LogP contribution in [0.1, 0.15) is 46.8 Å². The first-order valence-corrected chi connectivity index (χ1v) is 18.9. The fraction of sp³-hybridized carbons (Fsp3) is 0.205. The number of aromatic amines is 2. The van der Waals surface area contributed by atoms with Crippen LogP contribution in [-0.2, 0) is 32.5 Å². The fourth-order valence-corrected chi connectivity index (χ4v) is 6.42. The molecule has 0 spiro atoms. The van der Waals surface area contributed by atoms with Crippen molar-refractivity contribution < 1.29 is 37.8 Å². The van der Waals surface area contributed by atoms with Gasteiger partial charge in [0.05, 0.1) is 22.6 Å². The van der Waals surface area contributed by atoms with Crippen molar-refractivity contribution in [3.05, 3.63) is 124 Å². The molecule has 3 aromatic heterocycles. The molecule has 3 aromatic carbocycles. The maximum Gasteiger partial charge on any atom is 0.326 e. The molecule has 6 aromatic rings. The van der Waals surface area contributed by atoms with E-state index in [1.54, 1.807) is 42.6 Å². The average Bonchev–Trinajstić information content (AvgIpc) is 3.76. The van der Waals surface area contributed by atoms with Crippen LogP contribution >= 0.6 is 0 Å². The molecule has 0 radical (unpaired) electrons. The Morgan fingerprint density at radius 2 is 1.66 bits per heavy atom. The number of carboxylic acid groups (broad SMARTS) is 2. The Labute approximate surface area is 321 Å². The summed E-state index contributed by atoms with van der Waals surface area (Å²) >= 11 is 0. The van der Waals surface area contributed by atoms with Crippen LogP contribution in [0, 0.1) is 6.92 Å². The summed E-state index contributed by atoms with van der Waals surface area (Å²) in [6.07, 6.45) is 4.29. The van der Waals surface area contributed by atoms with Gasteiger partial charge >= 0.3 is 11.9 Å². The monoisotopic (exact) mass is 783 g/mol. The Morgan fingerprint density at radius 3 is 2.27 bits per heavy atom. The van der Waals surface area contributed by atoms with Gasteiger partial charge in [-0.2, -0.15) is 4.98 Å². The molecule has 0 saturated carbocycles. The van der Waals surface area contributed by atoms with Crippen molar-refractivity contribution in [3.8, 4) is 22.7 Å². The number of nitrogen functional groups attached to an aromatic ring is 1. The topological polar surface area (TPSA) is 266 Å². The molecule has 16 nitrogen and oxygen atoms in total. The van der Waals surface area contributed by atoms with Crippen molar-refractivity contribution >= 4 is 44.9 Å². The molecule has 6 rings (SSSR count). The molecule has 0 aliphatic rings. The summed E-state index contributed by atoms with van der Waals surface area (Å²) in [6, 6.07) is 21.8. The number of hydrogen-bond donors (Lipinski definition) is 7. The number of nitrogens with one attached hydrogen (secondary N) is 3. The molecule has 3 heterocycles. The Hall–Kier alpha value is -6.72. The van der Waals surface area contributed by atoms with E-state index in [-0.39, 0.29) is 34.8 Å². The van der Waals surface area contributed by atoms with Crippen LogP contribution in [0.3, 0.4) is 0 Å². The number of rotatable bonds is 14. The largest absolute Gasteiger partial charge is 0.494 e. The number of aromatic nitrogens is 4. The molecule has 56 heavy (non-hydrogen) atoms. The van der Waals surface area contributed by atoms with Gasteiger partial charge in [-0.1, -0.05) is 12.1 Å². The molecule has 292 valence electrons. The summed E-state index contributed by atoms with van der Waals surface area (Å²) in [6.45, 7) is 4.60. The number of nitrogens with zero attached hydrogens (tertiary/aromatic N) is 2. The molecule has 17 heteroatoms. The van der Waals surface area contributed by atoms with E-state index in [2.05, 4.69) is 26.3 Å². The number of sulfonamides is 1. The first kappa shape index (κ1) is 40.5. The van der Waals surface area contributed by atoms with E-state index < -0.39 is 33.9 Å². The zero-order valence-corrected chi connectivity index (χ0v) is 31.3. The zero-order valence-electron chi connectivity index (χ0n) is 30.5. The third kappa shape index (κ3) is 10.3. The van der Waals surface area contributed by atoms with Crippen LogP contribution in [0.25, 0.3) is 28.0 Å². The maximum atomic E-state index is 12.3. The van der Waals surface area contributed by atoms with Gasteiger partial charge in [-0.15, -0.1) is 0 Å². The second kappa shape index (κ2) is 17.6. The van der Waals surface area contributed by atoms with E-state index in [0.717, 1.165) is 39.4 Å². The fourth-order valence-electron chi connectivity index (χ4n) is 5.90. The van der Waals surface area contributed by atoms with E-state index >= 15 is 0 Å². The summed E-state index contributed by atoms with van der Waals surface area (Å²) in [5.41, 5.74) is 11.6. The van der Waals surface area contributed by atoms with Crippen LogP contribution < -0.4 is 26.5 Å². The summed E-state index contributed by atoms with van der Waals surface area (Å²) in [5.74, 6) is -2.17. The molecule has 1 atom stereocenters. The molecule has 0 unspecified atom stereocenters. The van der Waals surface area contributed by atoms with Crippen LogP contribution in [-0.4, -0.2) is 68.6 Å². The standard InChI is InChI=1S/C20H21N5O6.C19H20N2O3S/c21-20-24-16-15(18(29)25-20)12(9-22-16)6-3-10-1-4-11(5-2-10)17(28)23-13(19(30)31)7-8-14(26)27;1-3-24-17-8-4-15(5-9-17)19-12-14(2)13-21(19)16-6-10-18(11-7-16)25(20,22)23/h1-2,4-5,9,13H,3,6-8H2,(H,23,28)(H,26,27)(H,30,31)(H4,21,22,24,25,29);4-13H,3H2,1-2H3,(H2,20,22,23)/t13-;/m0./s1. The van der Waals surface area contributed by atoms with Gasteiger partial charge in [-0.3, -0.25) is 19.4 Å². The number of ether oxygens (including phenoxy) is 1. The SMILES string of the molecule is CCOc1ccc(-c2cc(C)cn2-c2ccc(S(N)(=O)=O)cc2)cc1.Nc1nc2[nH]cc(CCc3ccc(C(=O)N[C@@H](CCC(=O)O)C(=O)O)cc3)c2c(=O)[nH]1. The van der Waals surface area contributed by atoms with Crippen LogP contribution in [0.2, 0.25) is 0 Å². The molecular formula is C39H41N7O9S. The van der Waals surface area contributed by atoms with Crippen molar-refractivity contribution in [2.24, 2.45) is 5.14 Å². The summed E-state index contributed by atoms with van der Waals surface area (Å²) < 4.78 is 30.3. The number of carboxylic acids is 2. The lowest BCUT2D eigenvalue weighted by Crippen LogP contribution is -2.41. The number of aliphatic carboxylic acids is 2. The lowest BCUT2D eigenvalue weighted by molar-refractivity contribution is -0.140. The van der Waals surface area contributed by atoms with Gasteiger partial charge in [0.15, 0.2) is 0 Å². The Kier molecular flexibility index (Phi) is 12.7. The summed E-state index contributed by atoms with van der Waals surface area (Å²) in [4.78, 5) is 55.8. The smallest absolute Gasteiger partial charge is 0.326 e. The summed E-state index contributed by atoms with van der Waals surface area (Å²) in [7, 11) is -3.69. The highest BCUT2D eigenvalue weighted by molar-refractivity contribution is 7.89. The number of carbonyl (C=O) groups is 3. The number of amides is 1. The molecule has 9 N–H and O–H groups in total. The first-order chi connectivity index (χ1) is 26.6. The highest BCUT2D eigenvalue weighted by Gasteiger charge is 2.22. The normalized spacial score (nSPS) is 11.7. The number of hydrogen-bond acceptors (Lipinski definition) is 9. The van der Waals surface area contributed by atoms with Gasteiger partial charge in [0, 0.05) is 30.1 Å². The number of H-pyrrole nitrogens is 2. The van der Waals surface area contributed by atoms with Crippen molar-refractivity contribution in [1.29, 1.82) is 0 Å². The maximum absolute atomic E-state index is 12.3. The van der Waals surface area contributed by atoms with Crippen LogP contribution in [0.15, 0.2) is 101 Å². The Balaban J connectivity index is 0.000000219. The second-order valence-electron chi connectivity index (χ2n) is 12.8. The van der Waals surface area contributed by atoms with Crippen LogP contribution in [0.4, 0.5) is 5.95 Å². The molecule has 0 aliphatic heterocycles. The Morgan fingerprint density at radius 1 is 0.982 bits per heavy atom. The lowest BCUT2D eigenvalue weighted by Gasteiger charge is -2.13. The van der Waals surface area contributed by atoms with E-state index in [1.165, 1.54) is 12.1 Å².